The topological polar surface area (TPSA) is 15.6 Å². The molecular weight excluding hydrogens is 148 g/mol. The first-order chi connectivity index (χ1) is 5.74. The van der Waals surface area contributed by atoms with Gasteiger partial charge in [-0.15, -0.1) is 0 Å². The monoisotopic (exact) mass is 168 g/mol. The molecule has 0 aromatic rings. The fourth-order valence-electron chi connectivity index (χ4n) is 1.47. The molecule has 0 amide bonds. The molecule has 0 spiro atoms. The molecule has 0 aromatic heterocycles. The Kier molecular flexibility index (Phi) is 3.57. The second kappa shape index (κ2) is 4.48. The molecule has 70 valence electrons. The second-order valence-electron chi connectivity index (χ2n) is 3.85. The molecule has 0 radical (unpaired) electrons. The van der Waals surface area contributed by atoms with Crippen LogP contribution in [0.5, 0.6) is 0 Å². The van der Waals surface area contributed by atoms with E-state index >= 15 is 0 Å². The number of hydrogen-bond donors (Lipinski definition) is 0. The first-order valence-corrected chi connectivity index (χ1v) is 5.03. The summed E-state index contributed by atoms with van der Waals surface area (Å²) in [5.74, 6) is 0. The molecule has 0 aromatic carbocycles. The molecule has 0 saturated carbocycles. The summed E-state index contributed by atoms with van der Waals surface area (Å²) < 4.78 is 0. The van der Waals surface area contributed by atoms with E-state index in [0.29, 0.717) is 12.1 Å². The van der Waals surface area contributed by atoms with Crippen LogP contribution in [-0.2, 0) is 0 Å². The summed E-state index contributed by atoms with van der Waals surface area (Å²) >= 11 is 0. The average Bonchev–Trinajstić information content (AvgIpc) is 2.48. The van der Waals surface area contributed by atoms with Gasteiger partial charge in [-0.05, 0) is 20.3 Å². The molecule has 0 fully saturated rings. The van der Waals surface area contributed by atoms with Gasteiger partial charge in [-0.3, -0.25) is 4.99 Å². The van der Waals surface area contributed by atoms with Gasteiger partial charge in [0.25, 0.3) is 0 Å². The summed E-state index contributed by atoms with van der Waals surface area (Å²) in [7, 11) is 0. The Morgan fingerprint density at radius 2 is 2.33 bits per heavy atom. The van der Waals surface area contributed by atoms with Gasteiger partial charge in [0.1, 0.15) is 0 Å². The van der Waals surface area contributed by atoms with Crippen LogP contribution in [0.15, 0.2) is 4.99 Å². The molecule has 2 heteroatoms. The third-order valence-corrected chi connectivity index (χ3v) is 2.40. The van der Waals surface area contributed by atoms with E-state index in [0.717, 1.165) is 6.54 Å². The Balaban J connectivity index is 2.23. The zero-order valence-electron chi connectivity index (χ0n) is 8.45. The number of aliphatic imine (C=N–C) groups is 1. The van der Waals surface area contributed by atoms with Crippen LogP contribution in [0.2, 0.25) is 0 Å². The predicted octanol–water partition coefficient (Wildman–Crippen LogP) is 2.30. The van der Waals surface area contributed by atoms with E-state index in [1.54, 1.807) is 0 Å². The van der Waals surface area contributed by atoms with Gasteiger partial charge in [0.15, 0.2) is 0 Å². The molecule has 0 saturated heterocycles. The Labute approximate surface area is 75.7 Å². The minimum Gasteiger partial charge on any atom is -0.358 e. The highest BCUT2D eigenvalue weighted by Gasteiger charge is 2.17. The SMILES string of the molecule is CCCCC1CN(C(C)C)C=N1. The molecule has 1 heterocycles. The smallest absolute Gasteiger partial charge is 0.0857 e. The Bertz CT molecular complexity index is 152. The third-order valence-electron chi connectivity index (χ3n) is 2.40. The third kappa shape index (κ3) is 2.50. The quantitative estimate of drug-likeness (QED) is 0.629. The Morgan fingerprint density at radius 3 is 2.83 bits per heavy atom. The zero-order chi connectivity index (χ0) is 8.97. The summed E-state index contributed by atoms with van der Waals surface area (Å²) in [6, 6.07) is 1.19. The van der Waals surface area contributed by atoms with Crippen molar-refractivity contribution in [2.75, 3.05) is 6.54 Å². The predicted molar refractivity (Wildman–Crippen MR) is 53.6 cm³/mol. The van der Waals surface area contributed by atoms with Gasteiger partial charge in [-0.2, -0.15) is 0 Å². The van der Waals surface area contributed by atoms with E-state index in [4.69, 9.17) is 0 Å². The van der Waals surface area contributed by atoms with Crippen LogP contribution in [0, 0.1) is 0 Å². The average molecular weight is 168 g/mol. The minimum absolute atomic E-state index is 0.576. The van der Waals surface area contributed by atoms with Crippen molar-refractivity contribution >= 4 is 6.34 Å². The summed E-state index contributed by atoms with van der Waals surface area (Å²) in [6.07, 6.45) is 5.88. The number of rotatable bonds is 4. The number of unbranched alkanes of at least 4 members (excludes halogenated alkanes) is 1. The van der Waals surface area contributed by atoms with E-state index in [9.17, 15) is 0 Å². The van der Waals surface area contributed by atoms with E-state index in [1.807, 2.05) is 6.34 Å². The lowest BCUT2D eigenvalue weighted by Gasteiger charge is -2.20. The molecule has 0 aliphatic carbocycles. The van der Waals surface area contributed by atoms with Gasteiger partial charge in [0.2, 0.25) is 0 Å². The van der Waals surface area contributed by atoms with Crippen molar-refractivity contribution < 1.29 is 0 Å². The minimum atomic E-state index is 0.576. The lowest BCUT2D eigenvalue weighted by molar-refractivity contribution is 0.357. The van der Waals surface area contributed by atoms with Crippen molar-refractivity contribution in [2.45, 2.75) is 52.1 Å². The molecule has 1 rings (SSSR count). The lowest BCUT2D eigenvalue weighted by atomic mass is 10.1. The normalized spacial score (nSPS) is 22.7. The first kappa shape index (κ1) is 9.56. The molecule has 0 N–H and O–H groups in total. The molecule has 1 unspecified atom stereocenters. The van der Waals surface area contributed by atoms with Gasteiger partial charge in [0, 0.05) is 12.6 Å². The number of hydrogen-bond acceptors (Lipinski definition) is 2. The summed E-state index contributed by atoms with van der Waals surface area (Å²) in [5, 5.41) is 0. The maximum absolute atomic E-state index is 4.48. The highest BCUT2D eigenvalue weighted by Crippen LogP contribution is 2.12. The van der Waals surface area contributed by atoms with Crippen molar-refractivity contribution in [3.8, 4) is 0 Å². The molecular formula is C10H20N2. The summed E-state index contributed by atoms with van der Waals surface area (Å²) in [4.78, 5) is 6.80. The zero-order valence-corrected chi connectivity index (χ0v) is 8.45. The van der Waals surface area contributed by atoms with Crippen LogP contribution in [0.3, 0.4) is 0 Å². The van der Waals surface area contributed by atoms with Gasteiger partial charge >= 0.3 is 0 Å². The molecule has 1 aliphatic rings. The molecule has 0 bridgehead atoms. The van der Waals surface area contributed by atoms with Crippen LogP contribution < -0.4 is 0 Å². The van der Waals surface area contributed by atoms with E-state index < -0.39 is 0 Å². The molecule has 2 nitrogen and oxygen atoms in total. The maximum Gasteiger partial charge on any atom is 0.0857 e. The van der Waals surface area contributed by atoms with Crippen LogP contribution in [0.25, 0.3) is 0 Å². The lowest BCUT2D eigenvalue weighted by Crippen LogP contribution is -2.29. The van der Waals surface area contributed by atoms with E-state index in [-0.39, 0.29) is 0 Å². The highest BCUT2D eigenvalue weighted by molar-refractivity contribution is 5.58. The standard InChI is InChI=1S/C10H20N2/c1-4-5-6-10-7-12(8-11-10)9(2)3/h8-10H,4-7H2,1-3H3. The second-order valence-corrected chi connectivity index (χ2v) is 3.85. The van der Waals surface area contributed by atoms with Crippen LogP contribution in [0.4, 0.5) is 0 Å². The largest absolute Gasteiger partial charge is 0.358 e. The van der Waals surface area contributed by atoms with E-state index in [2.05, 4.69) is 30.7 Å². The van der Waals surface area contributed by atoms with Crippen molar-refractivity contribution in [3.05, 3.63) is 0 Å². The van der Waals surface area contributed by atoms with Crippen molar-refractivity contribution in [1.29, 1.82) is 0 Å². The van der Waals surface area contributed by atoms with Crippen molar-refractivity contribution in [3.63, 3.8) is 0 Å². The molecule has 1 aliphatic heterocycles. The highest BCUT2D eigenvalue weighted by atomic mass is 15.2. The van der Waals surface area contributed by atoms with Crippen LogP contribution >= 0.6 is 0 Å². The molecule has 1 atom stereocenters. The van der Waals surface area contributed by atoms with Crippen molar-refractivity contribution in [1.82, 2.24) is 4.90 Å². The van der Waals surface area contributed by atoms with Gasteiger partial charge in [-0.1, -0.05) is 19.8 Å². The maximum atomic E-state index is 4.48. The Morgan fingerprint density at radius 1 is 1.58 bits per heavy atom. The van der Waals surface area contributed by atoms with Gasteiger partial charge in [-0.25, -0.2) is 0 Å². The first-order valence-electron chi connectivity index (χ1n) is 5.03. The fraction of sp³-hybridized carbons (Fsp3) is 0.900. The van der Waals surface area contributed by atoms with Crippen LogP contribution in [-0.4, -0.2) is 29.9 Å². The van der Waals surface area contributed by atoms with E-state index in [1.165, 1.54) is 19.3 Å². The Hall–Kier alpha value is -0.530. The summed E-state index contributed by atoms with van der Waals surface area (Å²) in [5.41, 5.74) is 0. The number of nitrogens with zero attached hydrogens (tertiary/aromatic N) is 2. The van der Waals surface area contributed by atoms with Crippen molar-refractivity contribution in [2.24, 2.45) is 4.99 Å². The fourth-order valence-corrected chi connectivity index (χ4v) is 1.47. The van der Waals surface area contributed by atoms with Gasteiger partial charge < -0.3 is 4.90 Å². The van der Waals surface area contributed by atoms with Crippen LogP contribution in [0.1, 0.15) is 40.0 Å². The summed E-state index contributed by atoms with van der Waals surface area (Å²) in [6.45, 7) is 7.80. The van der Waals surface area contributed by atoms with Gasteiger partial charge in [0.05, 0.1) is 12.4 Å². The molecule has 12 heavy (non-hydrogen) atoms.